The summed E-state index contributed by atoms with van der Waals surface area (Å²) in [6.45, 7) is 0. The number of benzene rings is 2. The summed E-state index contributed by atoms with van der Waals surface area (Å²) >= 11 is 4.16. The van der Waals surface area contributed by atoms with Crippen LogP contribution in [-0.4, -0.2) is 28.3 Å². The number of carboxylic acid groups (broad SMARTS) is 1. The van der Waals surface area contributed by atoms with Crippen molar-refractivity contribution in [2.75, 3.05) is 7.11 Å². The molecule has 0 amide bonds. The fourth-order valence-electron chi connectivity index (χ4n) is 2.12. The zero-order chi connectivity index (χ0) is 18.0. The number of carbonyl (C=O) groups is 1. The molecule has 0 atom stereocenters. The Balaban J connectivity index is 2.00. The molecule has 1 aromatic heterocycles. The Kier molecular flexibility index (Phi) is 5.00. The van der Waals surface area contributed by atoms with Crippen molar-refractivity contribution in [1.29, 1.82) is 0 Å². The fourth-order valence-corrected chi connectivity index (χ4v) is 3.32. The van der Waals surface area contributed by atoms with E-state index >= 15 is 0 Å². The first kappa shape index (κ1) is 17.4. The summed E-state index contributed by atoms with van der Waals surface area (Å²) in [6, 6.07) is 10.3. The lowest BCUT2D eigenvalue weighted by Gasteiger charge is -2.08. The van der Waals surface area contributed by atoms with Gasteiger partial charge in [0, 0.05) is 10.0 Å². The van der Waals surface area contributed by atoms with Crippen molar-refractivity contribution in [3.63, 3.8) is 0 Å². The molecule has 0 aliphatic rings. The second-order valence-electron chi connectivity index (χ2n) is 4.91. The van der Waals surface area contributed by atoms with Crippen LogP contribution < -0.4 is 4.74 Å². The normalized spacial score (nSPS) is 11.7. The number of thioether (sulfide) groups is 1. The maximum absolute atomic E-state index is 11.6. The molecule has 6 nitrogen and oxygen atoms in total. The Hall–Kier alpha value is -2.45. The lowest BCUT2D eigenvalue weighted by atomic mass is 10.1. The summed E-state index contributed by atoms with van der Waals surface area (Å²) in [4.78, 5) is 15.8. The van der Waals surface area contributed by atoms with Gasteiger partial charge in [0.25, 0.3) is 5.22 Å². The van der Waals surface area contributed by atoms with Crippen LogP contribution in [0.15, 0.2) is 55.4 Å². The van der Waals surface area contributed by atoms with Crippen molar-refractivity contribution >= 4 is 50.8 Å². The first-order chi connectivity index (χ1) is 12.0. The van der Waals surface area contributed by atoms with Crippen molar-refractivity contribution < 1.29 is 24.2 Å². The van der Waals surface area contributed by atoms with E-state index in [0.717, 1.165) is 11.8 Å². The number of nitrogens with zero attached hydrogens (tertiary/aromatic N) is 1. The standard InChI is InChI=1S/C17H12BrNO5S/c1-23-13-8-10(18)6-9(15(13)20)7-14(16(21)22)25-17-19-11-4-2-3-5-12(11)24-17/h2-8,20H,1H3,(H,21,22)/b14-7-. The summed E-state index contributed by atoms with van der Waals surface area (Å²) in [6.07, 6.45) is 1.34. The largest absolute Gasteiger partial charge is 0.504 e. The van der Waals surface area contributed by atoms with Gasteiger partial charge in [-0.05, 0) is 42.1 Å². The monoisotopic (exact) mass is 421 g/mol. The van der Waals surface area contributed by atoms with Gasteiger partial charge in [0.2, 0.25) is 0 Å². The number of rotatable bonds is 5. The van der Waals surface area contributed by atoms with E-state index in [9.17, 15) is 15.0 Å². The first-order valence-electron chi connectivity index (χ1n) is 7.03. The molecule has 0 aliphatic heterocycles. The van der Waals surface area contributed by atoms with Crippen molar-refractivity contribution in [2.45, 2.75) is 5.22 Å². The number of phenolic OH excluding ortho intramolecular Hbond substituents is 1. The predicted molar refractivity (Wildman–Crippen MR) is 97.8 cm³/mol. The van der Waals surface area contributed by atoms with Crippen LogP contribution in [0.1, 0.15) is 5.56 Å². The zero-order valence-electron chi connectivity index (χ0n) is 12.9. The van der Waals surface area contributed by atoms with E-state index in [1.54, 1.807) is 24.3 Å². The molecule has 0 radical (unpaired) electrons. The second kappa shape index (κ2) is 7.20. The van der Waals surface area contributed by atoms with Gasteiger partial charge < -0.3 is 19.4 Å². The van der Waals surface area contributed by atoms with Crippen molar-refractivity contribution in [1.82, 2.24) is 4.98 Å². The number of fused-ring (bicyclic) bond motifs is 1. The van der Waals surface area contributed by atoms with Crippen LogP contribution >= 0.6 is 27.7 Å². The number of hydrogen-bond acceptors (Lipinski definition) is 6. The van der Waals surface area contributed by atoms with Gasteiger partial charge in [-0.2, -0.15) is 0 Å². The Morgan fingerprint density at radius 1 is 1.36 bits per heavy atom. The van der Waals surface area contributed by atoms with E-state index in [2.05, 4.69) is 20.9 Å². The van der Waals surface area contributed by atoms with Crippen molar-refractivity contribution in [3.8, 4) is 11.5 Å². The number of ether oxygens (including phenoxy) is 1. The SMILES string of the molecule is COc1cc(Br)cc(/C=C(\Sc2nc3ccccc3o2)C(=O)O)c1O. The van der Waals surface area contributed by atoms with E-state index in [4.69, 9.17) is 9.15 Å². The summed E-state index contributed by atoms with van der Waals surface area (Å²) in [5.74, 6) is -1.08. The molecule has 2 aromatic carbocycles. The Labute approximate surface area is 155 Å². The third kappa shape index (κ3) is 3.80. The molecule has 0 aliphatic carbocycles. The fraction of sp³-hybridized carbons (Fsp3) is 0.0588. The smallest absolute Gasteiger partial charge is 0.342 e. The average Bonchev–Trinajstić information content (AvgIpc) is 2.99. The molecular formula is C17H12BrNO5S. The van der Waals surface area contributed by atoms with Gasteiger partial charge >= 0.3 is 5.97 Å². The highest BCUT2D eigenvalue weighted by Crippen LogP contribution is 2.37. The highest BCUT2D eigenvalue weighted by Gasteiger charge is 2.17. The topological polar surface area (TPSA) is 92.8 Å². The van der Waals surface area contributed by atoms with Crippen LogP contribution in [0, 0.1) is 0 Å². The maximum atomic E-state index is 11.6. The summed E-state index contributed by atoms with van der Waals surface area (Å²) < 4.78 is 11.3. The summed E-state index contributed by atoms with van der Waals surface area (Å²) in [5, 5.41) is 19.9. The number of aromatic nitrogens is 1. The maximum Gasteiger partial charge on any atom is 0.342 e. The molecule has 0 fully saturated rings. The third-order valence-electron chi connectivity index (χ3n) is 3.26. The van der Waals surface area contributed by atoms with Crippen LogP contribution in [0.2, 0.25) is 0 Å². The van der Waals surface area contributed by atoms with E-state index in [1.165, 1.54) is 13.2 Å². The molecule has 0 spiro atoms. The first-order valence-corrected chi connectivity index (χ1v) is 8.64. The van der Waals surface area contributed by atoms with Crippen LogP contribution in [0.3, 0.4) is 0 Å². The quantitative estimate of drug-likeness (QED) is 0.461. The highest BCUT2D eigenvalue weighted by atomic mass is 79.9. The molecule has 3 rings (SSSR count). The molecule has 1 heterocycles. The summed E-state index contributed by atoms with van der Waals surface area (Å²) in [5.41, 5.74) is 1.51. The molecule has 0 bridgehead atoms. The van der Waals surface area contributed by atoms with Gasteiger partial charge in [-0.15, -0.1) is 0 Å². The predicted octanol–water partition coefficient (Wildman–Crippen LogP) is 4.52. The Morgan fingerprint density at radius 3 is 2.80 bits per heavy atom. The molecule has 25 heavy (non-hydrogen) atoms. The van der Waals surface area contributed by atoms with Gasteiger partial charge in [-0.25, -0.2) is 9.78 Å². The molecule has 2 N–H and O–H groups in total. The number of methoxy groups -OCH3 is 1. The van der Waals surface area contributed by atoms with E-state index in [1.807, 2.05) is 12.1 Å². The number of hydrogen-bond donors (Lipinski definition) is 2. The van der Waals surface area contributed by atoms with Gasteiger partial charge in [-0.3, -0.25) is 0 Å². The minimum atomic E-state index is -1.16. The number of halogens is 1. The van der Waals surface area contributed by atoms with Crippen LogP contribution in [-0.2, 0) is 4.79 Å². The Bertz CT molecular complexity index is 949. The lowest BCUT2D eigenvalue weighted by molar-refractivity contribution is -0.131. The number of carboxylic acids is 1. The molecule has 0 unspecified atom stereocenters. The summed E-state index contributed by atoms with van der Waals surface area (Å²) in [7, 11) is 1.42. The van der Waals surface area contributed by atoms with Gasteiger partial charge in [0.05, 0.1) is 7.11 Å². The molecule has 8 heteroatoms. The minimum Gasteiger partial charge on any atom is -0.504 e. The van der Waals surface area contributed by atoms with E-state index in [-0.39, 0.29) is 21.6 Å². The molecule has 0 saturated heterocycles. The number of aliphatic carboxylic acids is 1. The lowest BCUT2D eigenvalue weighted by Crippen LogP contribution is -1.97. The van der Waals surface area contributed by atoms with E-state index < -0.39 is 5.97 Å². The molecule has 3 aromatic rings. The van der Waals surface area contributed by atoms with Crippen molar-refractivity contribution in [2.24, 2.45) is 0 Å². The minimum absolute atomic E-state index is 0.0537. The van der Waals surface area contributed by atoms with Gasteiger partial charge in [-0.1, -0.05) is 28.1 Å². The highest BCUT2D eigenvalue weighted by molar-refractivity contribution is 9.10. The number of aromatic hydroxyl groups is 1. The van der Waals surface area contributed by atoms with Gasteiger partial charge in [0.1, 0.15) is 10.4 Å². The number of oxazole rings is 1. The molecular weight excluding hydrogens is 410 g/mol. The third-order valence-corrected chi connectivity index (χ3v) is 4.58. The second-order valence-corrected chi connectivity index (χ2v) is 6.82. The van der Waals surface area contributed by atoms with Gasteiger partial charge in [0.15, 0.2) is 17.1 Å². The zero-order valence-corrected chi connectivity index (χ0v) is 15.3. The van der Waals surface area contributed by atoms with E-state index in [0.29, 0.717) is 21.1 Å². The number of phenols is 1. The van der Waals surface area contributed by atoms with Crippen LogP contribution in [0.25, 0.3) is 17.2 Å². The Morgan fingerprint density at radius 2 is 2.12 bits per heavy atom. The molecule has 128 valence electrons. The van der Waals surface area contributed by atoms with Crippen LogP contribution in [0.5, 0.6) is 11.5 Å². The van der Waals surface area contributed by atoms with Crippen molar-refractivity contribution in [3.05, 3.63) is 51.3 Å². The average molecular weight is 422 g/mol. The molecule has 0 saturated carbocycles. The number of para-hydroxylation sites is 2. The van der Waals surface area contributed by atoms with Crippen LogP contribution in [0.4, 0.5) is 0 Å².